The average molecular weight is 297 g/mol. The van der Waals surface area contributed by atoms with E-state index in [9.17, 15) is 5.11 Å². The first kappa shape index (κ1) is 4.02. The molecule has 0 heterocycles. The van der Waals surface area contributed by atoms with Gasteiger partial charge in [0.25, 0.3) is 0 Å². The normalized spacial score (nSPS) is 48.4. The smallest absolute Gasteiger partial charge is 0.118 e. The van der Waals surface area contributed by atoms with Crippen LogP contribution in [-0.2, 0) is 0 Å². The van der Waals surface area contributed by atoms with Gasteiger partial charge in [-0.1, -0.05) is 31.3 Å². The molecule has 0 aromatic heterocycles. The summed E-state index contributed by atoms with van der Waals surface area (Å²) in [5.41, 5.74) is -4.41. The number of aliphatic hydroxyl groups is 1. The van der Waals surface area contributed by atoms with Crippen LogP contribution in [0.1, 0.15) is 69.4 Å². The predicted octanol–water partition coefficient (Wildman–Crippen LogP) is 3.04. The highest BCUT2D eigenvalue weighted by molar-refractivity contribution is 5.31. The van der Waals surface area contributed by atoms with Crippen LogP contribution in [0.25, 0.3) is 0 Å². The molecule has 0 saturated heterocycles. The zero-order valence-corrected chi connectivity index (χ0v) is 10.4. The van der Waals surface area contributed by atoms with E-state index in [0.717, 1.165) is 24.3 Å². The van der Waals surface area contributed by atoms with Crippen LogP contribution in [0.3, 0.4) is 0 Å². The highest BCUT2D eigenvalue weighted by Gasteiger charge is 2.38. The topological polar surface area (TPSA) is 32.7 Å². The first-order valence-electron chi connectivity index (χ1n) is 15.2. The van der Waals surface area contributed by atoms with Crippen LogP contribution in [-0.4, -0.2) is 43.1 Å². The van der Waals surface area contributed by atoms with Gasteiger partial charge < -0.3 is 14.7 Å². The third-order valence-electron chi connectivity index (χ3n) is 2.90. The molecular formula is C17H27NO2. The Morgan fingerprint density at radius 3 is 2.60 bits per heavy atom. The van der Waals surface area contributed by atoms with Gasteiger partial charge in [0.15, 0.2) is 0 Å². The molecule has 112 valence electrons. The lowest BCUT2D eigenvalue weighted by Crippen LogP contribution is -2.42. The summed E-state index contributed by atoms with van der Waals surface area (Å²) in [7, 11) is -2.92. The molecular weight excluding hydrogens is 250 g/mol. The molecule has 3 nitrogen and oxygen atoms in total. The van der Waals surface area contributed by atoms with E-state index in [1.807, 2.05) is 0 Å². The van der Waals surface area contributed by atoms with E-state index in [4.69, 9.17) is 30.8 Å². The first-order valence-corrected chi connectivity index (χ1v) is 5.70. The van der Waals surface area contributed by atoms with E-state index >= 15 is 0 Å². The summed E-state index contributed by atoms with van der Waals surface area (Å²) in [4.78, 5) is -0.171. The van der Waals surface area contributed by atoms with Crippen molar-refractivity contribution in [1.29, 1.82) is 0 Å². The van der Waals surface area contributed by atoms with E-state index < -0.39 is 76.5 Å². The maximum atomic E-state index is 11.9. The third kappa shape index (κ3) is 3.53. The highest BCUT2D eigenvalue weighted by atomic mass is 16.5. The van der Waals surface area contributed by atoms with Gasteiger partial charge >= 0.3 is 0 Å². The van der Waals surface area contributed by atoms with E-state index in [-0.39, 0.29) is 10.6 Å². The van der Waals surface area contributed by atoms with Gasteiger partial charge in [0.2, 0.25) is 0 Å². The van der Waals surface area contributed by atoms with Gasteiger partial charge in [-0.2, -0.15) is 0 Å². The number of hydrogen-bond donors (Lipinski definition) is 1. The predicted molar refractivity (Wildman–Crippen MR) is 82.3 cm³/mol. The van der Waals surface area contributed by atoms with Gasteiger partial charge in [-0.15, -0.1) is 0 Å². The molecule has 2 rings (SSSR count). The van der Waals surface area contributed by atoms with Crippen LogP contribution in [0.5, 0.6) is 5.75 Å². The summed E-state index contributed by atoms with van der Waals surface area (Å²) in [6, 6.07) is 3.73. The van der Waals surface area contributed by atoms with Crippen molar-refractivity contribution in [3.05, 3.63) is 29.8 Å². The molecule has 3 heteroatoms. The maximum absolute atomic E-state index is 11.9. The second-order valence-electron chi connectivity index (χ2n) is 4.23. The van der Waals surface area contributed by atoms with Crippen LogP contribution in [0.4, 0.5) is 0 Å². The summed E-state index contributed by atoms with van der Waals surface area (Å²) in [6.45, 7) is -8.35. The van der Waals surface area contributed by atoms with Gasteiger partial charge in [-0.05, 0) is 44.4 Å². The second kappa shape index (κ2) is 6.59. The van der Waals surface area contributed by atoms with Gasteiger partial charge in [0, 0.05) is 34.4 Å². The molecule has 0 spiro atoms. The molecule has 1 aliphatic rings. The number of rotatable bonds is 5. The minimum absolute atomic E-state index is 0.171. The minimum Gasteiger partial charge on any atom is -0.497 e. The van der Waals surface area contributed by atoms with Crippen molar-refractivity contribution in [1.82, 2.24) is 4.90 Å². The Kier molecular flexibility index (Phi) is 1.33. The molecule has 0 bridgehead atoms. The number of methoxy groups -OCH3 is 1. The van der Waals surface area contributed by atoms with Crippen LogP contribution >= 0.6 is 0 Å². The molecule has 0 radical (unpaired) electrons. The fourth-order valence-corrected chi connectivity index (χ4v) is 1.92. The molecule has 0 amide bonds. The second-order valence-corrected chi connectivity index (χ2v) is 4.23. The van der Waals surface area contributed by atoms with E-state index in [1.54, 1.807) is 0 Å². The van der Waals surface area contributed by atoms with Crippen molar-refractivity contribution in [2.75, 3.05) is 27.5 Å². The van der Waals surface area contributed by atoms with Crippen LogP contribution in [0.15, 0.2) is 24.3 Å². The maximum Gasteiger partial charge on any atom is 0.118 e. The molecule has 0 aliphatic heterocycles. The van der Waals surface area contributed by atoms with E-state index in [2.05, 4.69) is 0 Å². The van der Waals surface area contributed by atoms with Crippen molar-refractivity contribution >= 4 is 0 Å². The van der Waals surface area contributed by atoms with Crippen molar-refractivity contribution in [3.8, 4) is 5.75 Å². The summed E-state index contributed by atoms with van der Waals surface area (Å²) in [5, 5.41) is 11.9. The average Bonchev–Trinajstić information content (AvgIpc) is 2.70. The molecule has 1 aliphatic carbocycles. The molecule has 1 fully saturated rings. The fourth-order valence-electron chi connectivity index (χ4n) is 1.92. The third-order valence-corrected chi connectivity index (χ3v) is 2.90. The summed E-state index contributed by atoms with van der Waals surface area (Å²) in [6.07, 6.45) is -19.9. The number of nitrogens with zero attached hydrogens (tertiary/aromatic N) is 1. The lowest BCUT2D eigenvalue weighted by Gasteiger charge is -2.40. The number of benzene rings is 1. The Hall–Kier alpha value is -1.06. The Bertz CT molecular complexity index is 996. The minimum atomic E-state index is -4.02. The Balaban J connectivity index is 2.96. The molecule has 1 N–H and O–H groups in total. The molecule has 1 aromatic carbocycles. The summed E-state index contributed by atoms with van der Waals surface area (Å²) < 4.78 is 155. The standard InChI is InChI=1S/C17H27NO2/c1-18(2)13-16(17(19)11-5-4-6-12-17)14-7-9-15(20-3)10-8-14/h7-10,16,19H,4-6,11-13H2,1-3H3/t16-/m1/s1/i1D3,2D3,3D3,4D2,5D2,6D2,11D2,12D2. The molecule has 1 saturated carbocycles. The van der Waals surface area contributed by atoms with Gasteiger partial charge in [-0.25, -0.2) is 0 Å². The van der Waals surface area contributed by atoms with Gasteiger partial charge in [-0.3, -0.25) is 0 Å². The van der Waals surface area contributed by atoms with E-state index in [0.29, 0.717) is 0 Å². The molecule has 0 unspecified atom stereocenters. The van der Waals surface area contributed by atoms with Gasteiger partial charge in [0.1, 0.15) is 5.75 Å². The van der Waals surface area contributed by atoms with Crippen LogP contribution in [0.2, 0.25) is 0 Å². The highest BCUT2D eigenvalue weighted by Crippen LogP contribution is 2.40. The number of ether oxygens (including phenoxy) is 1. The van der Waals surface area contributed by atoms with Crippen molar-refractivity contribution in [2.24, 2.45) is 0 Å². The van der Waals surface area contributed by atoms with Crippen molar-refractivity contribution in [2.45, 2.75) is 43.4 Å². The molecule has 20 heavy (non-hydrogen) atoms. The summed E-state index contributed by atoms with van der Waals surface area (Å²) in [5.74, 6) is -2.70. The first-order chi connectivity index (χ1) is 16.9. The Labute approximate surface area is 149 Å². The Morgan fingerprint density at radius 2 is 2.00 bits per heavy atom. The molecule has 1 aromatic rings. The van der Waals surface area contributed by atoms with Crippen LogP contribution in [0, 0.1) is 0 Å². The number of hydrogen-bond acceptors (Lipinski definition) is 3. The zero-order valence-electron chi connectivity index (χ0n) is 29.4. The van der Waals surface area contributed by atoms with Gasteiger partial charge in [0.05, 0.1) is 16.8 Å². The SMILES string of the molecule is [2H]C([2H])([2H])Oc1ccc([C@@H](CN(C([2H])([2H])[2H])C([2H])([2H])[2H])C2(O)C([2H])([2H])C([2H])([2H])C([2H])([2H])C([2H])([2H])C2([2H])[2H])cc1. The largest absolute Gasteiger partial charge is 0.497 e. The lowest BCUT2D eigenvalue weighted by atomic mass is 9.72. The number of likely N-dealkylation sites (N-methyl/N-ethyl adjacent to an activating group) is 1. The van der Waals surface area contributed by atoms with Crippen molar-refractivity contribution < 1.29 is 35.9 Å². The fraction of sp³-hybridized carbons (Fsp3) is 0.647. The monoisotopic (exact) mass is 296 g/mol. The van der Waals surface area contributed by atoms with Crippen molar-refractivity contribution in [3.63, 3.8) is 0 Å². The Morgan fingerprint density at radius 1 is 1.30 bits per heavy atom. The lowest BCUT2D eigenvalue weighted by molar-refractivity contribution is -0.0277. The summed E-state index contributed by atoms with van der Waals surface area (Å²) >= 11 is 0. The zero-order chi connectivity index (χ0) is 31.1. The molecule has 1 atom stereocenters. The quantitative estimate of drug-likeness (QED) is 0.906. The van der Waals surface area contributed by atoms with E-state index in [1.165, 1.54) is 0 Å². The van der Waals surface area contributed by atoms with Crippen LogP contribution < -0.4 is 4.74 Å².